The monoisotopic (exact) mass is 237 g/mol. The third-order valence-corrected chi connectivity index (χ3v) is 2.95. The molecule has 0 amide bonds. The summed E-state index contributed by atoms with van der Waals surface area (Å²) >= 11 is 0. The van der Waals surface area contributed by atoms with Crippen LogP contribution in [-0.2, 0) is 0 Å². The molecule has 0 heterocycles. The van der Waals surface area contributed by atoms with Crippen molar-refractivity contribution >= 4 is 0 Å². The Balaban J connectivity index is 2.81. The van der Waals surface area contributed by atoms with Crippen LogP contribution in [0.25, 0.3) is 0 Å². The number of nitrogens with two attached hydrogens (primary N) is 1. The molecular weight excluding hydrogens is 214 g/mol. The van der Waals surface area contributed by atoms with Gasteiger partial charge in [0.05, 0.1) is 6.61 Å². The van der Waals surface area contributed by atoms with Gasteiger partial charge in [-0.05, 0) is 24.0 Å². The summed E-state index contributed by atoms with van der Waals surface area (Å²) in [5.41, 5.74) is 7.07. The number of ether oxygens (including phenoxy) is 1. The smallest absolute Gasteiger partial charge is 0.137 e. The zero-order chi connectivity index (χ0) is 13.1. The second-order valence-electron chi connectivity index (χ2n) is 5.50. The molecule has 0 aliphatic carbocycles. The average Bonchev–Trinajstić information content (AvgIpc) is 2.26. The Morgan fingerprint density at radius 2 is 1.88 bits per heavy atom. The van der Waals surface area contributed by atoms with Crippen LogP contribution in [0.3, 0.4) is 0 Å². The molecule has 17 heavy (non-hydrogen) atoms. The van der Waals surface area contributed by atoms with Gasteiger partial charge in [0.1, 0.15) is 11.9 Å². The normalized spacial score (nSPS) is 15.4. The maximum atomic E-state index is 9.41. The van der Waals surface area contributed by atoms with Crippen LogP contribution < -0.4 is 10.5 Å². The summed E-state index contributed by atoms with van der Waals surface area (Å²) in [6.07, 6.45) is -0.379. The third kappa shape index (κ3) is 3.72. The summed E-state index contributed by atoms with van der Waals surface area (Å²) in [4.78, 5) is 0. The lowest BCUT2D eigenvalue weighted by Gasteiger charge is -2.33. The zero-order valence-corrected chi connectivity index (χ0v) is 11.1. The number of aliphatic hydroxyl groups is 1. The van der Waals surface area contributed by atoms with Gasteiger partial charge in [-0.3, -0.25) is 0 Å². The largest absolute Gasteiger partial charge is 0.486 e. The number of hydrogen-bond acceptors (Lipinski definition) is 3. The van der Waals surface area contributed by atoms with E-state index in [1.807, 2.05) is 52.0 Å². The maximum Gasteiger partial charge on any atom is 0.137 e. The zero-order valence-electron chi connectivity index (χ0n) is 11.1. The SMILES string of the molecule is Cc1ccccc1OC(CO)C(N)C(C)(C)C. The molecular formula is C14H23NO2. The van der Waals surface area contributed by atoms with Crippen molar-refractivity contribution in [1.82, 2.24) is 0 Å². The van der Waals surface area contributed by atoms with Crippen LogP contribution >= 0.6 is 0 Å². The molecule has 3 N–H and O–H groups in total. The first-order valence-electron chi connectivity index (χ1n) is 5.95. The minimum absolute atomic E-state index is 0.0766. The fourth-order valence-electron chi connectivity index (χ4n) is 1.63. The molecule has 0 bridgehead atoms. The highest BCUT2D eigenvalue weighted by molar-refractivity contribution is 5.32. The molecule has 96 valence electrons. The first kappa shape index (κ1) is 14.0. The molecule has 3 nitrogen and oxygen atoms in total. The quantitative estimate of drug-likeness (QED) is 0.843. The Kier molecular flexibility index (Phi) is 4.54. The second-order valence-corrected chi connectivity index (χ2v) is 5.50. The third-order valence-electron chi connectivity index (χ3n) is 2.95. The van der Waals surface area contributed by atoms with Gasteiger partial charge in [-0.2, -0.15) is 0 Å². The van der Waals surface area contributed by atoms with E-state index in [9.17, 15) is 5.11 Å². The van der Waals surface area contributed by atoms with E-state index in [4.69, 9.17) is 10.5 Å². The highest BCUT2D eigenvalue weighted by Crippen LogP contribution is 2.24. The van der Waals surface area contributed by atoms with E-state index in [1.54, 1.807) is 0 Å². The summed E-state index contributed by atoms with van der Waals surface area (Å²) in [7, 11) is 0. The first-order chi connectivity index (χ1) is 7.86. The van der Waals surface area contributed by atoms with E-state index < -0.39 is 0 Å². The molecule has 0 saturated carbocycles. The van der Waals surface area contributed by atoms with Crippen molar-refractivity contribution in [2.75, 3.05) is 6.61 Å². The first-order valence-corrected chi connectivity index (χ1v) is 5.95. The van der Waals surface area contributed by atoms with Crippen molar-refractivity contribution in [3.8, 4) is 5.75 Å². The van der Waals surface area contributed by atoms with E-state index in [2.05, 4.69) is 0 Å². The standard InChI is InChI=1S/C14H23NO2/c1-10-7-5-6-8-11(10)17-12(9-16)13(15)14(2,3)4/h5-8,12-13,16H,9,15H2,1-4H3. The van der Waals surface area contributed by atoms with Gasteiger partial charge < -0.3 is 15.6 Å². The van der Waals surface area contributed by atoms with Gasteiger partial charge in [0, 0.05) is 6.04 Å². The van der Waals surface area contributed by atoms with Crippen LogP contribution in [0.4, 0.5) is 0 Å². The minimum atomic E-state index is -0.379. The molecule has 1 aromatic rings. The maximum absolute atomic E-state index is 9.41. The number of benzene rings is 1. The molecule has 3 heteroatoms. The summed E-state index contributed by atoms with van der Waals surface area (Å²) in [5.74, 6) is 0.784. The lowest BCUT2D eigenvalue weighted by atomic mass is 9.84. The molecule has 0 saturated heterocycles. The number of aryl methyl sites for hydroxylation is 1. The fourth-order valence-corrected chi connectivity index (χ4v) is 1.63. The van der Waals surface area contributed by atoms with E-state index in [1.165, 1.54) is 0 Å². The average molecular weight is 237 g/mol. The summed E-state index contributed by atoms with van der Waals surface area (Å²) in [6.45, 7) is 8.03. The summed E-state index contributed by atoms with van der Waals surface area (Å²) in [6, 6.07) is 7.53. The molecule has 2 atom stereocenters. The van der Waals surface area contributed by atoms with Crippen LogP contribution in [-0.4, -0.2) is 23.9 Å². The number of rotatable bonds is 4. The minimum Gasteiger partial charge on any atom is -0.486 e. The van der Waals surface area contributed by atoms with Crippen molar-refractivity contribution in [3.05, 3.63) is 29.8 Å². The van der Waals surface area contributed by atoms with Crippen molar-refractivity contribution in [2.45, 2.75) is 39.8 Å². The molecule has 0 aliphatic heterocycles. The summed E-state index contributed by atoms with van der Waals surface area (Å²) in [5, 5.41) is 9.41. The molecule has 0 spiro atoms. The van der Waals surface area contributed by atoms with Gasteiger partial charge in [0.15, 0.2) is 0 Å². The van der Waals surface area contributed by atoms with Gasteiger partial charge >= 0.3 is 0 Å². The van der Waals surface area contributed by atoms with Gasteiger partial charge in [-0.1, -0.05) is 39.0 Å². The lowest BCUT2D eigenvalue weighted by molar-refractivity contribution is 0.0587. The fraction of sp³-hybridized carbons (Fsp3) is 0.571. The molecule has 1 rings (SSSR count). The summed E-state index contributed by atoms with van der Waals surface area (Å²) < 4.78 is 5.81. The van der Waals surface area contributed by atoms with Gasteiger partial charge in [0.2, 0.25) is 0 Å². The predicted molar refractivity (Wildman–Crippen MR) is 70.1 cm³/mol. The Hall–Kier alpha value is -1.06. The number of hydrogen-bond donors (Lipinski definition) is 2. The van der Waals surface area contributed by atoms with Gasteiger partial charge in [-0.25, -0.2) is 0 Å². The van der Waals surface area contributed by atoms with Crippen molar-refractivity contribution in [2.24, 2.45) is 11.1 Å². The molecule has 2 unspecified atom stereocenters. The van der Waals surface area contributed by atoms with Crippen LogP contribution in [0.5, 0.6) is 5.75 Å². The molecule has 0 aliphatic rings. The van der Waals surface area contributed by atoms with Crippen molar-refractivity contribution in [1.29, 1.82) is 0 Å². The number of para-hydroxylation sites is 1. The van der Waals surface area contributed by atoms with E-state index >= 15 is 0 Å². The Morgan fingerprint density at radius 3 is 2.35 bits per heavy atom. The topological polar surface area (TPSA) is 55.5 Å². The highest BCUT2D eigenvalue weighted by Gasteiger charge is 2.30. The van der Waals surface area contributed by atoms with Crippen LogP contribution in [0.15, 0.2) is 24.3 Å². The van der Waals surface area contributed by atoms with Crippen LogP contribution in [0, 0.1) is 12.3 Å². The van der Waals surface area contributed by atoms with Gasteiger partial charge in [-0.15, -0.1) is 0 Å². The number of aliphatic hydroxyl groups excluding tert-OH is 1. The van der Waals surface area contributed by atoms with Gasteiger partial charge in [0.25, 0.3) is 0 Å². The molecule has 1 aromatic carbocycles. The van der Waals surface area contributed by atoms with E-state index in [0.29, 0.717) is 0 Å². The predicted octanol–water partition coefficient (Wildman–Crippen LogP) is 2.11. The van der Waals surface area contributed by atoms with Crippen molar-refractivity contribution < 1.29 is 9.84 Å². The highest BCUT2D eigenvalue weighted by atomic mass is 16.5. The van der Waals surface area contributed by atoms with E-state index in [0.717, 1.165) is 11.3 Å². The Morgan fingerprint density at radius 1 is 1.29 bits per heavy atom. The second kappa shape index (κ2) is 5.52. The Labute approximate surface area is 104 Å². The Bertz CT molecular complexity index is 357. The van der Waals surface area contributed by atoms with E-state index in [-0.39, 0.29) is 24.2 Å². The lowest BCUT2D eigenvalue weighted by Crippen LogP contribution is -2.49. The molecule has 0 fully saturated rings. The van der Waals surface area contributed by atoms with Crippen molar-refractivity contribution in [3.63, 3.8) is 0 Å². The molecule has 0 aromatic heterocycles. The van der Waals surface area contributed by atoms with Crippen LogP contribution in [0.2, 0.25) is 0 Å². The van der Waals surface area contributed by atoms with Crippen LogP contribution in [0.1, 0.15) is 26.3 Å². The molecule has 0 radical (unpaired) electrons.